The SMILES string of the molecule is O=C(NC1CCCC1)c1ccc(-c2nc(=[NH+]C3CC3)n3ncc(=Cc4[nH]c(=O)[nH]c4O)c3n2)s1. The first-order valence-corrected chi connectivity index (χ1v) is 12.1. The van der Waals surface area contributed by atoms with Gasteiger partial charge in [0, 0.05) is 6.04 Å². The van der Waals surface area contributed by atoms with Gasteiger partial charge in [0.15, 0.2) is 0 Å². The Morgan fingerprint density at radius 2 is 2.03 bits per heavy atom. The number of thiophene rings is 1. The number of carbonyl (C=O) groups is 1. The number of nitrogens with zero attached hydrogens (tertiary/aromatic N) is 4. The minimum absolute atomic E-state index is 0.0641. The number of hydrogen-bond acceptors (Lipinski definition) is 7. The lowest BCUT2D eigenvalue weighted by Crippen LogP contribution is -2.80. The number of hydrogen-bond donors (Lipinski definition) is 5. The van der Waals surface area contributed by atoms with Crippen LogP contribution in [0.3, 0.4) is 0 Å². The number of fused-ring (bicyclic) bond motifs is 1. The van der Waals surface area contributed by atoms with Gasteiger partial charge in [-0.15, -0.1) is 16.4 Å². The highest BCUT2D eigenvalue weighted by atomic mass is 32.1. The van der Waals surface area contributed by atoms with Crippen molar-refractivity contribution in [2.75, 3.05) is 0 Å². The van der Waals surface area contributed by atoms with Gasteiger partial charge in [0.1, 0.15) is 5.69 Å². The Bertz CT molecular complexity index is 1570. The van der Waals surface area contributed by atoms with Crippen LogP contribution in [0.1, 0.15) is 53.9 Å². The predicted octanol–water partition coefficient (Wildman–Crippen LogP) is -1.06. The molecule has 2 aliphatic rings. The van der Waals surface area contributed by atoms with E-state index in [1.165, 1.54) is 11.3 Å². The summed E-state index contributed by atoms with van der Waals surface area (Å²) >= 11 is 1.35. The van der Waals surface area contributed by atoms with E-state index in [-0.39, 0.29) is 23.5 Å². The average Bonchev–Trinajstić information content (AvgIpc) is 3.24. The Labute approximate surface area is 196 Å². The van der Waals surface area contributed by atoms with E-state index in [0.29, 0.717) is 33.2 Å². The first-order chi connectivity index (χ1) is 16.5. The van der Waals surface area contributed by atoms with E-state index >= 15 is 0 Å². The van der Waals surface area contributed by atoms with E-state index in [1.807, 2.05) is 6.07 Å². The van der Waals surface area contributed by atoms with Gasteiger partial charge < -0.3 is 15.4 Å². The standard InChI is InChI=1S/C22H22N8O3S/c31-19-14(26-22(33)29-19)9-11-10-23-30-18(11)27-17(28-21(30)25-13-5-6-13)15-7-8-16(34-15)20(32)24-12-3-1-2-4-12/h7-10,12-13,31H,1-6H2,(H,24,32)(H2,26,29,33)/p+1. The molecule has 2 aliphatic carbocycles. The molecule has 0 atom stereocenters. The molecular formula is C22H23N8O3S+. The number of H-pyrrole nitrogens is 2. The van der Waals surface area contributed by atoms with Crippen molar-refractivity contribution >= 4 is 29.0 Å². The van der Waals surface area contributed by atoms with E-state index in [1.54, 1.807) is 22.9 Å². The Hall–Kier alpha value is -3.80. The quantitative estimate of drug-likeness (QED) is 0.246. The number of carbonyl (C=O) groups excluding carboxylic acids is 1. The van der Waals surface area contributed by atoms with Crippen LogP contribution in [0.5, 0.6) is 5.88 Å². The van der Waals surface area contributed by atoms with Gasteiger partial charge in [-0.3, -0.25) is 14.8 Å². The fourth-order valence-corrected chi connectivity index (χ4v) is 5.01. The number of nitrogens with one attached hydrogen (secondary N) is 4. The van der Waals surface area contributed by atoms with Crippen LogP contribution in [0, 0.1) is 0 Å². The summed E-state index contributed by atoms with van der Waals surface area (Å²) < 4.78 is 1.61. The molecule has 4 aromatic heterocycles. The maximum absolute atomic E-state index is 12.7. The Balaban J connectivity index is 1.43. The molecule has 0 spiro atoms. The maximum atomic E-state index is 12.7. The topological polar surface area (TPSA) is 155 Å². The van der Waals surface area contributed by atoms with Gasteiger partial charge >= 0.3 is 11.3 Å². The molecule has 6 rings (SSSR count). The summed E-state index contributed by atoms with van der Waals surface area (Å²) in [5.74, 6) is 0.152. The van der Waals surface area contributed by atoms with Crippen LogP contribution in [-0.2, 0) is 0 Å². The van der Waals surface area contributed by atoms with Gasteiger partial charge in [-0.1, -0.05) is 17.4 Å². The minimum atomic E-state index is -0.506. The van der Waals surface area contributed by atoms with Crippen molar-refractivity contribution in [1.82, 2.24) is 34.9 Å². The van der Waals surface area contributed by atoms with Crippen molar-refractivity contribution < 1.29 is 14.9 Å². The zero-order valence-corrected chi connectivity index (χ0v) is 19.0. The molecule has 12 heteroatoms. The zero-order chi connectivity index (χ0) is 23.2. The Morgan fingerprint density at radius 1 is 1.21 bits per heavy atom. The summed E-state index contributed by atoms with van der Waals surface area (Å²) in [6, 6.07) is 4.25. The molecule has 0 saturated heterocycles. The van der Waals surface area contributed by atoms with Crippen LogP contribution in [0.4, 0.5) is 0 Å². The van der Waals surface area contributed by atoms with Crippen molar-refractivity contribution in [3.05, 3.63) is 50.2 Å². The number of aromatic nitrogens is 6. The highest BCUT2D eigenvalue weighted by molar-refractivity contribution is 7.17. The monoisotopic (exact) mass is 479 g/mol. The van der Waals surface area contributed by atoms with Gasteiger partial charge in [-0.2, -0.15) is 4.98 Å². The highest BCUT2D eigenvalue weighted by Crippen LogP contribution is 2.26. The molecule has 34 heavy (non-hydrogen) atoms. The molecule has 1 amide bonds. The van der Waals surface area contributed by atoms with Crippen molar-refractivity contribution in [1.29, 1.82) is 0 Å². The molecule has 0 aromatic carbocycles. The molecule has 0 bridgehead atoms. The van der Waals surface area contributed by atoms with E-state index in [0.717, 1.165) is 43.4 Å². The second-order valence-corrected chi connectivity index (χ2v) is 9.81. The van der Waals surface area contributed by atoms with Crippen LogP contribution in [-0.4, -0.2) is 52.6 Å². The predicted molar refractivity (Wildman–Crippen MR) is 123 cm³/mol. The lowest BCUT2D eigenvalue weighted by molar-refractivity contribution is -0.523. The molecular weight excluding hydrogens is 456 g/mol. The van der Waals surface area contributed by atoms with Crippen LogP contribution >= 0.6 is 11.3 Å². The molecule has 0 radical (unpaired) electrons. The number of imidazole rings is 1. The largest absolute Gasteiger partial charge is 0.493 e. The number of aromatic hydroxyl groups is 1. The van der Waals surface area contributed by atoms with E-state index in [4.69, 9.17) is 9.97 Å². The lowest BCUT2D eigenvalue weighted by Gasteiger charge is -2.10. The van der Waals surface area contributed by atoms with Crippen LogP contribution in [0.2, 0.25) is 0 Å². The number of amides is 1. The summed E-state index contributed by atoms with van der Waals surface area (Å²) in [6.07, 6.45) is 9.70. The summed E-state index contributed by atoms with van der Waals surface area (Å²) in [6.45, 7) is 0. The zero-order valence-electron chi connectivity index (χ0n) is 18.2. The van der Waals surface area contributed by atoms with Crippen LogP contribution < -0.4 is 26.8 Å². The van der Waals surface area contributed by atoms with Crippen LogP contribution in [0.15, 0.2) is 23.1 Å². The van der Waals surface area contributed by atoms with E-state index in [2.05, 4.69) is 25.4 Å². The second-order valence-electron chi connectivity index (χ2n) is 8.73. The van der Waals surface area contributed by atoms with E-state index in [9.17, 15) is 14.7 Å². The van der Waals surface area contributed by atoms with Crippen molar-refractivity contribution in [3.63, 3.8) is 0 Å². The average molecular weight is 480 g/mol. The van der Waals surface area contributed by atoms with E-state index < -0.39 is 5.69 Å². The Kier molecular flexibility index (Phi) is 5.01. The smallest absolute Gasteiger partial charge is 0.420 e. The summed E-state index contributed by atoms with van der Waals surface area (Å²) in [4.78, 5) is 43.2. The van der Waals surface area contributed by atoms with Gasteiger partial charge in [0.25, 0.3) is 11.7 Å². The first-order valence-electron chi connectivity index (χ1n) is 11.3. The normalized spacial score (nSPS) is 17.8. The third-order valence-electron chi connectivity index (χ3n) is 6.08. The number of aromatic amines is 2. The lowest BCUT2D eigenvalue weighted by atomic mass is 10.2. The van der Waals surface area contributed by atoms with Crippen LogP contribution in [0.25, 0.3) is 22.4 Å². The van der Waals surface area contributed by atoms with Gasteiger partial charge in [-0.05, 0) is 48.9 Å². The third kappa shape index (κ3) is 4.00. The molecule has 0 unspecified atom stereocenters. The maximum Gasteiger partial charge on any atom is 0.420 e. The van der Waals surface area contributed by atoms with Crippen molar-refractivity contribution in [2.24, 2.45) is 0 Å². The fraction of sp³-hybridized carbons (Fsp3) is 0.364. The number of rotatable bonds is 5. The molecule has 174 valence electrons. The first kappa shape index (κ1) is 20.8. The summed E-state index contributed by atoms with van der Waals surface area (Å²) in [7, 11) is 0. The Morgan fingerprint density at radius 3 is 2.76 bits per heavy atom. The molecule has 0 aliphatic heterocycles. The fourth-order valence-electron chi connectivity index (χ4n) is 4.16. The van der Waals surface area contributed by atoms with Gasteiger partial charge in [-0.25, -0.2) is 4.79 Å². The summed E-state index contributed by atoms with van der Waals surface area (Å²) in [5.41, 5.74) is 0.798. The van der Waals surface area contributed by atoms with Crippen molar-refractivity contribution in [3.8, 4) is 16.6 Å². The molecule has 2 saturated carbocycles. The van der Waals surface area contributed by atoms with Crippen molar-refractivity contribution in [2.45, 2.75) is 50.6 Å². The molecule has 4 aromatic rings. The summed E-state index contributed by atoms with van der Waals surface area (Å²) in [5, 5.41) is 18.1. The minimum Gasteiger partial charge on any atom is -0.493 e. The molecule has 5 N–H and O–H groups in total. The highest BCUT2D eigenvalue weighted by Gasteiger charge is 2.25. The molecule has 2 fully saturated rings. The van der Waals surface area contributed by atoms with Gasteiger partial charge in [0.2, 0.25) is 11.5 Å². The second kappa shape index (κ2) is 8.20. The molecule has 11 nitrogen and oxygen atoms in total. The third-order valence-corrected chi connectivity index (χ3v) is 7.16. The molecule has 4 heterocycles. The van der Waals surface area contributed by atoms with Gasteiger partial charge in [0.05, 0.1) is 27.2 Å².